The third-order valence-corrected chi connectivity index (χ3v) is 7.44. The molecule has 0 aromatic heterocycles. The minimum absolute atomic E-state index is 0.0162. The third kappa shape index (κ3) is 11.5. The van der Waals surface area contributed by atoms with Gasteiger partial charge in [0.15, 0.2) is 11.2 Å². The smallest absolute Gasteiger partial charge is 0.407 e. The van der Waals surface area contributed by atoms with E-state index in [1.165, 1.54) is 21.0 Å². The maximum absolute atomic E-state index is 12.9. The van der Waals surface area contributed by atoms with Crippen molar-refractivity contribution in [3.05, 3.63) is 0 Å². The number of thioether (sulfide) groups is 1. The zero-order chi connectivity index (χ0) is 27.5. The van der Waals surface area contributed by atoms with Gasteiger partial charge in [-0.25, -0.2) is 9.65 Å². The normalized spacial score (nSPS) is 22.7. The number of hydrogen-bond donors (Lipinski definition) is 4. The quantitative estimate of drug-likeness (QED) is 0.0999. The van der Waals surface area contributed by atoms with Crippen LogP contribution in [0.5, 0.6) is 0 Å². The van der Waals surface area contributed by atoms with Crippen LogP contribution in [-0.4, -0.2) is 84.6 Å². The maximum atomic E-state index is 12.9. The first kappa shape index (κ1) is 32.2. The van der Waals surface area contributed by atoms with E-state index in [1.54, 1.807) is 13.8 Å². The van der Waals surface area contributed by atoms with Crippen LogP contribution in [0, 0.1) is 5.41 Å². The molecule has 0 bridgehead atoms. The van der Waals surface area contributed by atoms with Crippen LogP contribution in [0.3, 0.4) is 0 Å². The summed E-state index contributed by atoms with van der Waals surface area (Å²) >= 11 is 0.912. The fourth-order valence-electron chi connectivity index (χ4n) is 3.03. The zero-order valence-electron chi connectivity index (χ0n) is 21.2. The molecule has 0 radical (unpaired) electrons. The minimum Gasteiger partial charge on any atom is -0.468 e. The first-order chi connectivity index (χ1) is 16.7. The Morgan fingerprint density at radius 1 is 1.17 bits per heavy atom. The van der Waals surface area contributed by atoms with E-state index in [0.717, 1.165) is 11.8 Å². The third-order valence-electron chi connectivity index (χ3n) is 4.91. The average molecular weight is 554 g/mol. The number of esters is 1. The molecule has 2 amide bonds. The maximum Gasteiger partial charge on any atom is 0.407 e. The van der Waals surface area contributed by atoms with Crippen LogP contribution >= 0.6 is 19.5 Å². The van der Waals surface area contributed by atoms with Gasteiger partial charge in [0.25, 0.3) is 0 Å². The van der Waals surface area contributed by atoms with E-state index >= 15 is 0 Å². The van der Waals surface area contributed by atoms with Gasteiger partial charge in [-0.15, -0.1) is 0 Å². The number of carbonyl (C=O) groups is 5. The molecule has 0 aliphatic carbocycles. The van der Waals surface area contributed by atoms with Gasteiger partial charge in [0.1, 0.15) is 11.8 Å². The standard InChI is InChI=1S/C21H36N3O10PS/c1-13(25)10-15(26)11-17(28)36-9-8-22-16(27)6-7-23-19(29)18-21(3,4)12-33-35(31,34-18)24-14(2)20(30)32-5/h13-14,18,25H,6-12H2,1-5H3,(H,22,27)(H,23,29)(H,24,31)/t13-,14+,18+,35?/m1/s1. The van der Waals surface area contributed by atoms with E-state index in [-0.39, 0.29) is 61.5 Å². The number of nitrogens with one attached hydrogen (secondary N) is 3. The Kier molecular flexibility index (Phi) is 13.2. The van der Waals surface area contributed by atoms with E-state index in [2.05, 4.69) is 20.5 Å². The summed E-state index contributed by atoms with van der Waals surface area (Å²) in [6, 6.07) is -0.993. The predicted octanol–water partition coefficient (Wildman–Crippen LogP) is 0.300. The fraction of sp³-hybridized carbons (Fsp3) is 0.762. The van der Waals surface area contributed by atoms with Gasteiger partial charge < -0.3 is 20.5 Å². The average Bonchev–Trinajstić information content (AvgIpc) is 2.77. The van der Waals surface area contributed by atoms with Crippen molar-refractivity contribution >= 4 is 48.2 Å². The van der Waals surface area contributed by atoms with Crippen molar-refractivity contribution in [1.29, 1.82) is 0 Å². The minimum atomic E-state index is -3.97. The molecule has 0 aromatic rings. The Bertz CT molecular complexity index is 867. The Balaban J connectivity index is 2.41. The number of hydrogen-bond acceptors (Lipinski definition) is 11. The molecular formula is C21H36N3O10PS. The van der Waals surface area contributed by atoms with Crippen molar-refractivity contribution in [2.24, 2.45) is 5.41 Å². The molecule has 4 N–H and O–H groups in total. The monoisotopic (exact) mass is 553 g/mol. The molecule has 1 heterocycles. The van der Waals surface area contributed by atoms with Crippen molar-refractivity contribution in [2.45, 2.75) is 65.2 Å². The van der Waals surface area contributed by atoms with Gasteiger partial charge in [-0.05, 0) is 13.8 Å². The van der Waals surface area contributed by atoms with Crippen molar-refractivity contribution in [3.63, 3.8) is 0 Å². The molecule has 1 rings (SSSR count). The van der Waals surface area contributed by atoms with Crippen LogP contribution < -0.4 is 15.7 Å². The number of aliphatic hydroxyl groups is 1. The van der Waals surface area contributed by atoms with Crippen molar-refractivity contribution in [2.75, 3.05) is 32.6 Å². The van der Waals surface area contributed by atoms with E-state index < -0.39 is 43.3 Å². The molecule has 13 nitrogen and oxygen atoms in total. The number of methoxy groups -OCH3 is 1. The van der Waals surface area contributed by atoms with E-state index in [1.807, 2.05) is 0 Å². The highest BCUT2D eigenvalue weighted by molar-refractivity contribution is 8.13. The molecule has 4 atom stereocenters. The summed E-state index contributed by atoms with van der Waals surface area (Å²) < 4.78 is 28.2. The Morgan fingerprint density at radius 3 is 2.44 bits per heavy atom. The summed E-state index contributed by atoms with van der Waals surface area (Å²) in [7, 11) is -2.80. The van der Waals surface area contributed by atoms with E-state index in [9.17, 15) is 28.5 Å². The lowest BCUT2D eigenvalue weighted by atomic mass is 9.87. The molecule has 0 spiro atoms. The second-order valence-corrected chi connectivity index (χ2v) is 11.9. The molecule has 206 valence electrons. The van der Waals surface area contributed by atoms with Crippen molar-refractivity contribution < 1.29 is 47.4 Å². The molecule has 36 heavy (non-hydrogen) atoms. The molecule has 1 saturated heterocycles. The molecule has 15 heteroatoms. The number of rotatable bonds is 14. The van der Waals surface area contributed by atoms with Gasteiger partial charge in [0.05, 0.1) is 26.2 Å². The first-order valence-electron chi connectivity index (χ1n) is 11.4. The van der Waals surface area contributed by atoms with Gasteiger partial charge in [-0.3, -0.25) is 33.0 Å². The number of Topliss-reactive ketones (excluding diaryl/α,β-unsaturated/α-hetero) is 1. The molecule has 0 saturated carbocycles. The first-order valence-corrected chi connectivity index (χ1v) is 13.9. The van der Waals surface area contributed by atoms with Crippen LogP contribution in [0.4, 0.5) is 0 Å². The number of ketones is 1. The fourth-order valence-corrected chi connectivity index (χ4v) is 5.66. The van der Waals surface area contributed by atoms with E-state index in [4.69, 9.17) is 14.2 Å². The Hall–Kier alpha value is -1.83. The Morgan fingerprint density at radius 2 is 1.83 bits per heavy atom. The highest BCUT2D eigenvalue weighted by Gasteiger charge is 2.48. The Labute approximate surface area is 214 Å². The molecule has 1 aliphatic rings. The van der Waals surface area contributed by atoms with Crippen molar-refractivity contribution in [1.82, 2.24) is 15.7 Å². The topological polar surface area (TPSA) is 186 Å². The summed E-state index contributed by atoms with van der Waals surface area (Å²) in [6.45, 7) is 6.35. The highest BCUT2D eigenvalue weighted by atomic mass is 32.2. The van der Waals surface area contributed by atoms with Gasteiger partial charge in [-0.1, -0.05) is 25.6 Å². The summed E-state index contributed by atoms with van der Waals surface area (Å²) in [5.41, 5.74) is -0.837. The summed E-state index contributed by atoms with van der Waals surface area (Å²) in [4.78, 5) is 59.5. The molecule has 1 fully saturated rings. The predicted molar refractivity (Wildman–Crippen MR) is 131 cm³/mol. The van der Waals surface area contributed by atoms with Gasteiger partial charge in [-0.2, -0.15) is 0 Å². The van der Waals surface area contributed by atoms with Crippen LogP contribution in [0.1, 0.15) is 47.0 Å². The SMILES string of the molecule is COC(=O)[C@H](C)NP1(=O)OCC(C)(C)[C@H](C(=O)NCCC(=O)NCCSC(=O)CC(=O)C[C@@H](C)O)O1. The van der Waals surface area contributed by atoms with Crippen LogP contribution in [-0.2, 0) is 42.3 Å². The van der Waals surface area contributed by atoms with Crippen molar-refractivity contribution in [3.8, 4) is 0 Å². The van der Waals surface area contributed by atoms with Crippen LogP contribution in [0.15, 0.2) is 0 Å². The van der Waals surface area contributed by atoms with Gasteiger partial charge >= 0.3 is 13.7 Å². The second kappa shape index (κ2) is 14.8. The largest absolute Gasteiger partial charge is 0.468 e. The van der Waals surface area contributed by atoms with Gasteiger partial charge in [0.2, 0.25) is 11.8 Å². The lowest BCUT2D eigenvalue weighted by molar-refractivity contribution is -0.143. The molecule has 1 aliphatic heterocycles. The summed E-state index contributed by atoms with van der Waals surface area (Å²) in [5.74, 6) is -1.70. The number of ether oxygens (including phenoxy) is 1. The number of aliphatic hydroxyl groups excluding tert-OH is 1. The summed E-state index contributed by atoms with van der Waals surface area (Å²) in [6.07, 6.45) is -2.36. The second-order valence-electron chi connectivity index (χ2n) is 9.00. The molecular weight excluding hydrogens is 517 g/mol. The van der Waals surface area contributed by atoms with E-state index in [0.29, 0.717) is 0 Å². The number of carbonyl (C=O) groups excluding carboxylic acids is 5. The molecule has 1 unspecified atom stereocenters. The lowest BCUT2D eigenvalue weighted by Crippen LogP contribution is -2.51. The highest BCUT2D eigenvalue weighted by Crippen LogP contribution is 2.53. The molecule has 0 aromatic carbocycles. The number of amides is 2. The lowest BCUT2D eigenvalue weighted by Gasteiger charge is -2.40. The van der Waals surface area contributed by atoms with Crippen LogP contribution in [0.2, 0.25) is 0 Å². The summed E-state index contributed by atoms with van der Waals surface area (Å²) in [5, 5.41) is 16.4. The van der Waals surface area contributed by atoms with Crippen LogP contribution in [0.25, 0.3) is 0 Å². The zero-order valence-corrected chi connectivity index (χ0v) is 22.9. The van der Waals surface area contributed by atoms with Gasteiger partial charge in [0, 0.05) is 37.1 Å².